The predicted octanol–water partition coefficient (Wildman–Crippen LogP) is 3.02. The van der Waals surface area contributed by atoms with E-state index in [-0.39, 0.29) is 10.8 Å². The molecule has 0 aliphatic heterocycles. The molecule has 2 aromatic rings. The molecule has 1 aromatic carbocycles. The van der Waals surface area contributed by atoms with Crippen LogP contribution in [0.2, 0.25) is 0 Å². The zero-order chi connectivity index (χ0) is 17.1. The van der Waals surface area contributed by atoms with E-state index in [2.05, 4.69) is 10.3 Å². The molecule has 1 heterocycles. The molecular formula is C16H18N2O3S2. The second-order valence-corrected chi connectivity index (χ2v) is 8.53. The fourth-order valence-corrected chi connectivity index (χ4v) is 3.72. The third kappa shape index (κ3) is 4.49. The Morgan fingerprint density at radius 2 is 2.00 bits per heavy atom. The summed E-state index contributed by atoms with van der Waals surface area (Å²) in [6, 6.07) is 6.82. The molecular weight excluding hydrogens is 332 g/mol. The van der Waals surface area contributed by atoms with Gasteiger partial charge in [-0.15, -0.1) is 11.3 Å². The third-order valence-corrected chi connectivity index (χ3v) is 5.14. The van der Waals surface area contributed by atoms with Gasteiger partial charge in [0.2, 0.25) is 5.91 Å². The Hall–Kier alpha value is -1.99. The fraction of sp³-hybridized carbons (Fsp3) is 0.250. The van der Waals surface area contributed by atoms with Crippen molar-refractivity contribution in [2.45, 2.75) is 24.2 Å². The van der Waals surface area contributed by atoms with Crippen molar-refractivity contribution < 1.29 is 13.2 Å². The molecule has 122 valence electrons. The summed E-state index contributed by atoms with van der Waals surface area (Å²) < 4.78 is 23.9. The maximum Gasteiger partial charge on any atom is 0.249 e. The van der Waals surface area contributed by atoms with Crippen molar-refractivity contribution >= 4 is 32.2 Å². The van der Waals surface area contributed by atoms with Crippen LogP contribution in [-0.4, -0.2) is 25.6 Å². The first-order valence-electron chi connectivity index (χ1n) is 6.89. The molecule has 0 saturated heterocycles. The van der Waals surface area contributed by atoms with E-state index in [0.717, 1.165) is 0 Å². The van der Waals surface area contributed by atoms with Crippen molar-refractivity contribution in [3.05, 3.63) is 53.6 Å². The lowest BCUT2D eigenvalue weighted by Crippen LogP contribution is -2.19. The second-order valence-electron chi connectivity index (χ2n) is 5.65. The van der Waals surface area contributed by atoms with Gasteiger partial charge in [0.05, 0.1) is 4.90 Å². The van der Waals surface area contributed by atoms with Gasteiger partial charge in [0.25, 0.3) is 0 Å². The number of nitrogens with zero attached hydrogens (tertiary/aromatic N) is 1. The number of carbonyl (C=O) groups is 1. The molecule has 0 aliphatic rings. The van der Waals surface area contributed by atoms with E-state index < -0.39 is 15.3 Å². The van der Waals surface area contributed by atoms with Gasteiger partial charge in [-0.2, -0.15) is 0 Å². The van der Waals surface area contributed by atoms with Gasteiger partial charge in [-0.05, 0) is 11.6 Å². The minimum absolute atomic E-state index is 0.273. The van der Waals surface area contributed by atoms with Gasteiger partial charge >= 0.3 is 0 Å². The number of hydrogen-bond acceptors (Lipinski definition) is 5. The quantitative estimate of drug-likeness (QED) is 0.841. The molecule has 0 aliphatic carbocycles. The van der Waals surface area contributed by atoms with Crippen LogP contribution in [0.5, 0.6) is 0 Å². The first-order chi connectivity index (χ1) is 10.7. The van der Waals surface area contributed by atoms with Gasteiger partial charge in [-0.25, -0.2) is 13.4 Å². The number of nitrogens with one attached hydrogen (secondary N) is 1. The molecule has 0 radical (unpaired) electrons. The summed E-state index contributed by atoms with van der Waals surface area (Å²) in [5.74, 6) is -0.301. The van der Waals surface area contributed by atoms with Crippen LogP contribution >= 0.6 is 11.3 Å². The number of aromatic nitrogens is 1. The number of amides is 1. The first kappa shape index (κ1) is 17.4. The van der Waals surface area contributed by atoms with E-state index in [1.165, 1.54) is 23.7 Å². The van der Waals surface area contributed by atoms with Crippen LogP contribution in [-0.2, 0) is 20.0 Å². The molecule has 2 rings (SSSR count). The van der Waals surface area contributed by atoms with E-state index >= 15 is 0 Å². The van der Waals surface area contributed by atoms with E-state index in [1.54, 1.807) is 41.9 Å². The van der Waals surface area contributed by atoms with Crippen molar-refractivity contribution in [1.29, 1.82) is 0 Å². The standard InChI is InChI=1S/C16H18N2O3S2/c1-16(2,9-8-14(19)18-15-17-10-11-22-15)12-6-4-5-7-13(12)23(3,20)21/h4-11H,1-3H3,(H,17,18,19). The van der Waals surface area contributed by atoms with Crippen LogP contribution < -0.4 is 5.32 Å². The first-order valence-corrected chi connectivity index (χ1v) is 9.66. The minimum Gasteiger partial charge on any atom is -0.298 e. The summed E-state index contributed by atoms with van der Waals surface area (Å²) in [5.41, 5.74) is 0.0423. The monoisotopic (exact) mass is 350 g/mol. The highest BCUT2D eigenvalue weighted by atomic mass is 32.2. The van der Waals surface area contributed by atoms with Gasteiger partial charge < -0.3 is 0 Å². The molecule has 0 unspecified atom stereocenters. The van der Waals surface area contributed by atoms with Gasteiger partial charge in [0.15, 0.2) is 15.0 Å². The Kier molecular flexibility index (Phi) is 5.01. The minimum atomic E-state index is -3.34. The summed E-state index contributed by atoms with van der Waals surface area (Å²) in [5, 5.41) is 4.95. The Morgan fingerprint density at radius 1 is 1.30 bits per heavy atom. The maximum atomic E-state index is 11.9. The molecule has 0 atom stereocenters. The van der Waals surface area contributed by atoms with E-state index in [0.29, 0.717) is 10.7 Å². The normalized spacial score (nSPS) is 12.5. The van der Waals surface area contributed by atoms with Crippen molar-refractivity contribution in [2.24, 2.45) is 0 Å². The average molecular weight is 350 g/mol. The molecule has 1 N–H and O–H groups in total. The summed E-state index contributed by atoms with van der Waals surface area (Å²) in [7, 11) is -3.34. The molecule has 23 heavy (non-hydrogen) atoms. The van der Waals surface area contributed by atoms with Crippen LogP contribution in [0.15, 0.2) is 52.9 Å². The Bertz CT molecular complexity index is 823. The fourth-order valence-electron chi connectivity index (χ4n) is 2.13. The third-order valence-electron chi connectivity index (χ3n) is 3.29. The van der Waals surface area contributed by atoms with Gasteiger partial charge in [-0.3, -0.25) is 10.1 Å². The molecule has 0 bridgehead atoms. The zero-order valence-corrected chi connectivity index (χ0v) is 14.7. The zero-order valence-electron chi connectivity index (χ0n) is 13.1. The molecule has 1 amide bonds. The molecule has 0 saturated carbocycles. The van der Waals surface area contributed by atoms with Gasteiger partial charge in [0, 0.05) is 29.3 Å². The number of rotatable bonds is 5. The highest BCUT2D eigenvalue weighted by Crippen LogP contribution is 2.30. The molecule has 1 aromatic heterocycles. The lowest BCUT2D eigenvalue weighted by atomic mass is 9.84. The molecule has 0 spiro atoms. The van der Waals surface area contributed by atoms with Crippen LogP contribution in [0.3, 0.4) is 0 Å². The number of allylic oxidation sites excluding steroid dienone is 1. The Morgan fingerprint density at radius 3 is 2.61 bits per heavy atom. The highest BCUT2D eigenvalue weighted by Gasteiger charge is 2.24. The molecule has 0 fully saturated rings. The smallest absolute Gasteiger partial charge is 0.249 e. The Balaban J connectivity index is 2.25. The topological polar surface area (TPSA) is 76.1 Å². The van der Waals surface area contributed by atoms with Crippen LogP contribution in [0, 0.1) is 0 Å². The predicted molar refractivity (Wildman–Crippen MR) is 92.5 cm³/mol. The van der Waals surface area contributed by atoms with Crippen LogP contribution in [0.25, 0.3) is 0 Å². The second kappa shape index (κ2) is 6.64. The van der Waals surface area contributed by atoms with E-state index in [1.807, 2.05) is 13.8 Å². The largest absolute Gasteiger partial charge is 0.298 e. The van der Waals surface area contributed by atoms with Crippen molar-refractivity contribution in [3.8, 4) is 0 Å². The number of sulfone groups is 1. The number of carbonyl (C=O) groups excluding carboxylic acids is 1. The number of thiazole rings is 1. The van der Waals surface area contributed by atoms with Gasteiger partial charge in [0.1, 0.15) is 0 Å². The highest BCUT2D eigenvalue weighted by molar-refractivity contribution is 7.90. The van der Waals surface area contributed by atoms with E-state index in [4.69, 9.17) is 0 Å². The lowest BCUT2D eigenvalue weighted by Gasteiger charge is -2.23. The summed E-state index contributed by atoms with van der Waals surface area (Å²) >= 11 is 1.33. The average Bonchev–Trinajstić information content (AvgIpc) is 2.97. The summed E-state index contributed by atoms with van der Waals surface area (Å²) in [6.07, 6.45) is 5.89. The Labute approximate surface area is 140 Å². The number of benzene rings is 1. The summed E-state index contributed by atoms with van der Waals surface area (Å²) in [6.45, 7) is 3.73. The SMILES string of the molecule is CC(C)(C=CC(=O)Nc1nccs1)c1ccccc1S(C)(=O)=O. The maximum absolute atomic E-state index is 11.9. The van der Waals surface area contributed by atoms with Gasteiger partial charge in [-0.1, -0.05) is 38.1 Å². The van der Waals surface area contributed by atoms with Crippen molar-refractivity contribution in [1.82, 2.24) is 4.98 Å². The van der Waals surface area contributed by atoms with Crippen molar-refractivity contribution in [3.63, 3.8) is 0 Å². The molecule has 7 heteroatoms. The van der Waals surface area contributed by atoms with Crippen LogP contribution in [0.4, 0.5) is 5.13 Å². The van der Waals surface area contributed by atoms with E-state index in [9.17, 15) is 13.2 Å². The summed E-state index contributed by atoms with van der Waals surface area (Å²) in [4.78, 5) is 16.2. The van der Waals surface area contributed by atoms with Crippen LogP contribution in [0.1, 0.15) is 19.4 Å². The number of anilines is 1. The lowest BCUT2D eigenvalue weighted by molar-refractivity contribution is -0.111. The molecule has 5 nitrogen and oxygen atoms in total. The number of hydrogen-bond donors (Lipinski definition) is 1. The van der Waals surface area contributed by atoms with Crippen molar-refractivity contribution in [2.75, 3.05) is 11.6 Å².